The molecule has 0 unspecified atom stereocenters. The fourth-order valence-electron chi connectivity index (χ4n) is 2.55. The zero-order chi connectivity index (χ0) is 15.8. The normalized spacial score (nSPS) is 19.0. The first kappa shape index (κ1) is 15.8. The molecule has 0 spiro atoms. The summed E-state index contributed by atoms with van der Waals surface area (Å²) < 4.78 is 0. The number of carboxylic acid groups (broad SMARTS) is 1. The first-order chi connectivity index (χ1) is 9.66. The summed E-state index contributed by atoms with van der Waals surface area (Å²) in [6.07, 6.45) is 0.531. The molecule has 116 valence electrons. The monoisotopic (exact) mass is 311 g/mol. The summed E-state index contributed by atoms with van der Waals surface area (Å²) in [4.78, 5) is 26.5. The molecule has 1 aliphatic rings. The Morgan fingerprint density at radius 3 is 2.43 bits per heavy atom. The van der Waals surface area contributed by atoms with Crippen molar-refractivity contribution in [2.45, 2.75) is 40.2 Å². The van der Waals surface area contributed by atoms with Gasteiger partial charge >= 0.3 is 12.0 Å². The highest BCUT2D eigenvalue weighted by Gasteiger charge is 2.65. The standard InChI is InChI=1S/C14H21N3O3S/c1-13(2)11(14(13,3)4)17-12(20)15-6-5-9-16-8(7-21-9)10(18)19/h7,11H,5-6H2,1-4H3,(H,18,19)(H2,15,17,20). The van der Waals surface area contributed by atoms with Gasteiger partial charge in [-0.05, 0) is 10.8 Å². The number of hydrogen-bond acceptors (Lipinski definition) is 4. The second-order valence-corrected chi connectivity index (χ2v) is 7.40. The van der Waals surface area contributed by atoms with Crippen molar-refractivity contribution in [1.29, 1.82) is 0 Å². The van der Waals surface area contributed by atoms with E-state index in [1.807, 2.05) is 0 Å². The van der Waals surface area contributed by atoms with Crippen LogP contribution in [0.5, 0.6) is 0 Å². The van der Waals surface area contributed by atoms with Gasteiger partial charge in [0.25, 0.3) is 0 Å². The third-order valence-corrected chi connectivity index (χ3v) is 5.60. The molecule has 1 aromatic rings. The Morgan fingerprint density at radius 2 is 1.95 bits per heavy atom. The van der Waals surface area contributed by atoms with Crippen LogP contribution in [0.25, 0.3) is 0 Å². The van der Waals surface area contributed by atoms with Crippen LogP contribution in [0, 0.1) is 10.8 Å². The highest BCUT2D eigenvalue weighted by molar-refractivity contribution is 7.09. The van der Waals surface area contributed by atoms with Crippen molar-refractivity contribution in [3.63, 3.8) is 0 Å². The SMILES string of the molecule is CC1(C)C(NC(=O)NCCc2nc(C(=O)O)cs2)C1(C)C. The van der Waals surface area contributed by atoms with Crippen LogP contribution in [0.15, 0.2) is 5.38 Å². The number of carboxylic acids is 1. The largest absolute Gasteiger partial charge is 0.476 e. The van der Waals surface area contributed by atoms with Gasteiger partial charge in [-0.15, -0.1) is 11.3 Å². The van der Waals surface area contributed by atoms with E-state index in [0.717, 1.165) is 0 Å². The molecule has 1 heterocycles. The van der Waals surface area contributed by atoms with Crippen molar-refractivity contribution >= 4 is 23.3 Å². The Morgan fingerprint density at radius 1 is 1.33 bits per heavy atom. The molecule has 0 saturated heterocycles. The average molecular weight is 311 g/mol. The lowest BCUT2D eigenvalue weighted by Crippen LogP contribution is -2.39. The van der Waals surface area contributed by atoms with Crippen LogP contribution >= 0.6 is 11.3 Å². The minimum atomic E-state index is -1.03. The number of aromatic nitrogens is 1. The van der Waals surface area contributed by atoms with Gasteiger partial charge < -0.3 is 15.7 Å². The maximum Gasteiger partial charge on any atom is 0.355 e. The van der Waals surface area contributed by atoms with E-state index in [2.05, 4.69) is 43.3 Å². The van der Waals surface area contributed by atoms with Crippen LogP contribution in [0.4, 0.5) is 4.79 Å². The van der Waals surface area contributed by atoms with Crippen LogP contribution in [-0.2, 0) is 6.42 Å². The maximum atomic E-state index is 11.8. The van der Waals surface area contributed by atoms with Crippen LogP contribution in [0.1, 0.15) is 43.2 Å². The molecule has 0 bridgehead atoms. The van der Waals surface area contributed by atoms with Crippen LogP contribution in [-0.4, -0.2) is 34.7 Å². The Kier molecular flexibility index (Phi) is 3.97. The van der Waals surface area contributed by atoms with Crippen molar-refractivity contribution in [2.24, 2.45) is 10.8 Å². The number of thiazole rings is 1. The Labute approximate surface area is 128 Å². The van der Waals surface area contributed by atoms with Crippen molar-refractivity contribution in [2.75, 3.05) is 6.54 Å². The highest BCUT2D eigenvalue weighted by atomic mass is 32.1. The lowest BCUT2D eigenvalue weighted by atomic mass is 10.0. The third kappa shape index (κ3) is 3.02. The van der Waals surface area contributed by atoms with E-state index < -0.39 is 5.97 Å². The first-order valence-corrected chi connectivity index (χ1v) is 7.76. The molecule has 1 saturated carbocycles. The number of hydrogen-bond donors (Lipinski definition) is 3. The summed E-state index contributed by atoms with van der Waals surface area (Å²) >= 11 is 1.29. The zero-order valence-corrected chi connectivity index (χ0v) is 13.5. The Balaban J connectivity index is 1.74. The molecule has 1 aromatic heterocycles. The van der Waals surface area contributed by atoms with Gasteiger partial charge in [0, 0.05) is 24.4 Å². The second-order valence-electron chi connectivity index (χ2n) is 6.46. The van der Waals surface area contributed by atoms with Gasteiger partial charge in [0.1, 0.15) is 0 Å². The second kappa shape index (κ2) is 5.29. The van der Waals surface area contributed by atoms with E-state index in [1.54, 1.807) is 0 Å². The Hall–Kier alpha value is -1.63. The summed E-state index contributed by atoms with van der Waals surface area (Å²) in [5.41, 5.74) is 0.271. The fourth-order valence-corrected chi connectivity index (χ4v) is 3.32. The number of nitrogens with zero attached hydrogens (tertiary/aromatic N) is 1. The fraction of sp³-hybridized carbons (Fsp3) is 0.643. The lowest BCUT2D eigenvalue weighted by molar-refractivity contribution is 0.0691. The molecule has 2 amide bonds. The molecule has 0 aliphatic heterocycles. The Bertz CT molecular complexity index is 552. The number of aromatic carboxylic acids is 1. The summed E-state index contributed by atoms with van der Waals surface area (Å²) in [6.45, 7) is 9.00. The molecule has 0 aromatic carbocycles. The van der Waals surface area contributed by atoms with E-state index in [-0.39, 0.29) is 28.6 Å². The van der Waals surface area contributed by atoms with Gasteiger partial charge in [-0.1, -0.05) is 27.7 Å². The quantitative estimate of drug-likeness (QED) is 0.776. The molecule has 0 radical (unpaired) electrons. The number of carbonyl (C=O) groups is 2. The minimum Gasteiger partial charge on any atom is -0.476 e. The van der Waals surface area contributed by atoms with Gasteiger partial charge in [-0.25, -0.2) is 14.6 Å². The third-order valence-electron chi connectivity index (χ3n) is 4.69. The number of urea groups is 1. The van der Waals surface area contributed by atoms with Crippen LogP contribution < -0.4 is 10.6 Å². The molecular formula is C14H21N3O3S. The lowest BCUT2D eigenvalue weighted by Gasteiger charge is -2.08. The van der Waals surface area contributed by atoms with Crippen molar-refractivity contribution < 1.29 is 14.7 Å². The minimum absolute atomic E-state index is 0.0564. The maximum absolute atomic E-state index is 11.8. The molecule has 7 heteroatoms. The molecule has 2 rings (SSSR count). The van der Waals surface area contributed by atoms with Crippen molar-refractivity contribution in [3.8, 4) is 0 Å². The van der Waals surface area contributed by atoms with Gasteiger partial charge in [0.2, 0.25) is 0 Å². The molecular weight excluding hydrogens is 290 g/mol. The zero-order valence-electron chi connectivity index (χ0n) is 12.7. The molecule has 21 heavy (non-hydrogen) atoms. The van der Waals surface area contributed by atoms with E-state index in [1.165, 1.54) is 16.7 Å². The van der Waals surface area contributed by atoms with Crippen molar-refractivity contribution in [1.82, 2.24) is 15.6 Å². The van der Waals surface area contributed by atoms with Crippen molar-refractivity contribution in [3.05, 3.63) is 16.1 Å². The highest BCUT2D eigenvalue weighted by Crippen LogP contribution is 2.62. The van der Waals surface area contributed by atoms with Gasteiger partial charge in [-0.2, -0.15) is 0 Å². The molecule has 0 atom stereocenters. The van der Waals surface area contributed by atoms with Gasteiger partial charge in [-0.3, -0.25) is 0 Å². The molecule has 6 nitrogen and oxygen atoms in total. The summed E-state index contributed by atoms with van der Waals surface area (Å²) in [5, 5.41) is 16.8. The van der Waals surface area contributed by atoms with E-state index >= 15 is 0 Å². The molecule has 1 aliphatic carbocycles. The topological polar surface area (TPSA) is 91.3 Å². The predicted molar refractivity (Wildman–Crippen MR) is 80.7 cm³/mol. The number of amides is 2. The van der Waals surface area contributed by atoms with Gasteiger partial charge in [0.15, 0.2) is 5.69 Å². The number of rotatable bonds is 5. The summed E-state index contributed by atoms with van der Waals surface area (Å²) in [7, 11) is 0. The van der Waals surface area contributed by atoms with E-state index in [0.29, 0.717) is 18.0 Å². The number of nitrogens with one attached hydrogen (secondary N) is 2. The molecule has 1 fully saturated rings. The molecule has 3 N–H and O–H groups in total. The number of carbonyl (C=O) groups excluding carboxylic acids is 1. The summed E-state index contributed by atoms with van der Waals surface area (Å²) in [6, 6.07) is -0.0165. The first-order valence-electron chi connectivity index (χ1n) is 6.88. The predicted octanol–water partition coefficient (Wildman–Crippen LogP) is 2.12. The van der Waals surface area contributed by atoms with Crippen LogP contribution in [0.3, 0.4) is 0 Å². The average Bonchev–Trinajstić information content (AvgIpc) is 2.76. The van der Waals surface area contributed by atoms with E-state index in [4.69, 9.17) is 5.11 Å². The van der Waals surface area contributed by atoms with Crippen LogP contribution in [0.2, 0.25) is 0 Å². The smallest absolute Gasteiger partial charge is 0.355 e. The summed E-state index contributed by atoms with van der Waals surface area (Å²) in [5.74, 6) is -1.03. The van der Waals surface area contributed by atoms with Gasteiger partial charge in [0.05, 0.1) is 5.01 Å². The van der Waals surface area contributed by atoms with E-state index in [9.17, 15) is 9.59 Å².